The van der Waals surface area contributed by atoms with Gasteiger partial charge in [-0.15, -0.1) is 0 Å². The number of esters is 1. The highest BCUT2D eigenvalue weighted by atomic mass is 32.2. The maximum atomic E-state index is 13.1. The zero-order chi connectivity index (χ0) is 20.0. The van der Waals surface area contributed by atoms with E-state index in [2.05, 4.69) is 0 Å². The first-order valence-electron chi connectivity index (χ1n) is 7.58. The van der Waals surface area contributed by atoms with Crippen LogP contribution in [0.4, 0.5) is 13.2 Å². The summed E-state index contributed by atoms with van der Waals surface area (Å²) in [4.78, 5) is 22.8. The molecule has 0 fully saturated rings. The number of hydrogen-bond donors (Lipinski definition) is 1. The number of carbonyl (C=O) groups is 2. The predicted octanol–water partition coefficient (Wildman–Crippen LogP) is 2.20. The molecule has 0 unspecified atom stereocenters. The molecule has 0 spiro atoms. The van der Waals surface area contributed by atoms with Gasteiger partial charge in [0.1, 0.15) is 5.82 Å². The van der Waals surface area contributed by atoms with Crippen molar-refractivity contribution in [3.8, 4) is 0 Å². The molecule has 10 heteroatoms. The molecule has 0 saturated heterocycles. The monoisotopic (exact) mass is 401 g/mol. The Morgan fingerprint density at radius 1 is 1.00 bits per heavy atom. The molecule has 1 N–H and O–H groups in total. The van der Waals surface area contributed by atoms with Crippen LogP contribution in [0.5, 0.6) is 0 Å². The fourth-order valence-electron chi connectivity index (χ4n) is 1.98. The van der Waals surface area contributed by atoms with Crippen molar-refractivity contribution in [2.45, 2.75) is 11.3 Å². The lowest BCUT2D eigenvalue weighted by molar-refractivity contribution is -0.142. The fourth-order valence-corrected chi connectivity index (χ4v) is 3.02. The van der Waals surface area contributed by atoms with Crippen molar-refractivity contribution >= 4 is 21.8 Å². The van der Waals surface area contributed by atoms with E-state index in [1.807, 2.05) is 4.72 Å². The average molecular weight is 401 g/mol. The summed E-state index contributed by atoms with van der Waals surface area (Å²) in [7, 11) is -4.15. The zero-order valence-corrected chi connectivity index (χ0v) is 14.6. The Kier molecular flexibility index (Phi) is 6.70. The first kappa shape index (κ1) is 20.6. The van der Waals surface area contributed by atoms with Crippen molar-refractivity contribution in [1.29, 1.82) is 0 Å². The van der Waals surface area contributed by atoms with Gasteiger partial charge in [-0.3, -0.25) is 9.59 Å². The minimum absolute atomic E-state index is 0.0295. The third-order valence-electron chi connectivity index (χ3n) is 3.33. The smallest absolute Gasteiger partial charge is 0.307 e. The van der Waals surface area contributed by atoms with E-state index >= 15 is 0 Å². The van der Waals surface area contributed by atoms with E-state index in [1.165, 1.54) is 12.1 Å². The summed E-state index contributed by atoms with van der Waals surface area (Å²) in [6, 6.07) is 6.88. The van der Waals surface area contributed by atoms with Gasteiger partial charge in [-0.2, -0.15) is 0 Å². The number of rotatable bonds is 8. The van der Waals surface area contributed by atoms with Crippen LogP contribution in [-0.2, 0) is 19.6 Å². The molecule has 144 valence electrons. The molecular formula is C17H14F3NO5S. The maximum Gasteiger partial charge on any atom is 0.307 e. The van der Waals surface area contributed by atoms with Crippen molar-refractivity contribution < 1.29 is 35.9 Å². The summed E-state index contributed by atoms with van der Waals surface area (Å²) in [5, 5.41) is 0. The summed E-state index contributed by atoms with van der Waals surface area (Å²) in [6.45, 7) is -1.01. The van der Waals surface area contributed by atoms with Crippen molar-refractivity contribution in [2.75, 3.05) is 13.2 Å². The van der Waals surface area contributed by atoms with Gasteiger partial charge < -0.3 is 4.74 Å². The summed E-state index contributed by atoms with van der Waals surface area (Å²) in [6.07, 6.45) is -0.403. The van der Waals surface area contributed by atoms with Gasteiger partial charge in [0.15, 0.2) is 24.0 Å². The van der Waals surface area contributed by atoms with Gasteiger partial charge in [-0.05, 0) is 30.3 Å². The van der Waals surface area contributed by atoms with Crippen LogP contribution >= 0.6 is 0 Å². The summed E-state index contributed by atoms with van der Waals surface area (Å²) >= 11 is 0. The number of carbonyl (C=O) groups excluding carboxylic acids is 2. The molecule has 0 bridgehead atoms. The second-order valence-electron chi connectivity index (χ2n) is 5.32. The standard InChI is InChI=1S/C17H14F3NO5S/c18-12-3-1-2-11(8-12)16(22)10-26-17(23)6-7-21-27(24,25)13-4-5-14(19)15(20)9-13/h1-5,8-9,21H,6-7,10H2. The quantitative estimate of drug-likeness (QED) is 0.541. The molecule has 0 aliphatic carbocycles. The van der Waals surface area contributed by atoms with Gasteiger partial charge >= 0.3 is 5.97 Å². The third-order valence-corrected chi connectivity index (χ3v) is 4.79. The van der Waals surface area contributed by atoms with Crippen LogP contribution in [0.15, 0.2) is 47.4 Å². The highest BCUT2D eigenvalue weighted by Crippen LogP contribution is 2.13. The van der Waals surface area contributed by atoms with Gasteiger partial charge in [-0.25, -0.2) is 26.3 Å². The largest absolute Gasteiger partial charge is 0.457 e. The lowest BCUT2D eigenvalue weighted by atomic mass is 10.1. The molecular weight excluding hydrogens is 387 g/mol. The second-order valence-corrected chi connectivity index (χ2v) is 7.08. The van der Waals surface area contributed by atoms with Crippen LogP contribution in [0.1, 0.15) is 16.8 Å². The minimum atomic E-state index is -4.15. The average Bonchev–Trinajstić information content (AvgIpc) is 2.61. The Hall–Kier alpha value is -2.72. The van der Waals surface area contributed by atoms with Gasteiger partial charge in [0.25, 0.3) is 0 Å². The van der Waals surface area contributed by atoms with Crippen molar-refractivity contribution in [3.63, 3.8) is 0 Å². The van der Waals surface area contributed by atoms with E-state index < -0.39 is 57.2 Å². The van der Waals surface area contributed by atoms with E-state index in [0.717, 1.165) is 18.2 Å². The molecule has 0 aliphatic heterocycles. The Balaban J connectivity index is 1.81. The van der Waals surface area contributed by atoms with Gasteiger partial charge in [0.2, 0.25) is 10.0 Å². The van der Waals surface area contributed by atoms with Gasteiger partial charge in [0.05, 0.1) is 11.3 Å². The van der Waals surface area contributed by atoms with E-state index in [4.69, 9.17) is 4.74 Å². The molecule has 2 rings (SSSR count). The van der Waals surface area contributed by atoms with E-state index in [0.29, 0.717) is 12.1 Å². The summed E-state index contributed by atoms with van der Waals surface area (Å²) in [5.41, 5.74) is 0.0295. The molecule has 0 aromatic heterocycles. The lowest BCUT2D eigenvalue weighted by Crippen LogP contribution is -2.27. The molecule has 2 aromatic rings. The summed E-state index contributed by atoms with van der Waals surface area (Å²) < 4.78 is 69.5. The Bertz CT molecular complexity index is 963. The van der Waals surface area contributed by atoms with Crippen LogP contribution in [0.3, 0.4) is 0 Å². The van der Waals surface area contributed by atoms with Crippen LogP contribution in [0, 0.1) is 17.5 Å². The van der Waals surface area contributed by atoms with E-state index in [1.54, 1.807) is 0 Å². The number of nitrogens with one attached hydrogen (secondary N) is 1. The first-order valence-corrected chi connectivity index (χ1v) is 9.06. The van der Waals surface area contributed by atoms with Crippen LogP contribution < -0.4 is 4.72 Å². The number of ketones is 1. The third kappa shape index (κ3) is 5.90. The minimum Gasteiger partial charge on any atom is -0.457 e. The second kappa shape index (κ2) is 8.78. The number of benzene rings is 2. The van der Waals surface area contributed by atoms with Crippen LogP contribution in [-0.4, -0.2) is 33.3 Å². The van der Waals surface area contributed by atoms with Crippen LogP contribution in [0.25, 0.3) is 0 Å². The lowest BCUT2D eigenvalue weighted by Gasteiger charge is -2.07. The molecule has 0 radical (unpaired) electrons. The zero-order valence-electron chi connectivity index (χ0n) is 13.7. The van der Waals surface area contributed by atoms with E-state index in [9.17, 15) is 31.2 Å². The molecule has 0 aliphatic rings. The number of Topliss-reactive ketones (excluding diaryl/α,β-unsaturated/α-hetero) is 1. The van der Waals surface area contributed by atoms with E-state index in [-0.39, 0.29) is 12.1 Å². The highest BCUT2D eigenvalue weighted by molar-refractivity contribution is 7.89. The Labute approximate surface area is 153 Å². The normalized spacial score (nSPS) is 11.2. The molecule has 6 nitrogen and oxygen atoms in total. The molecule has 0 saturated carbocycles. The highest BCUT2D eigenvalue weighted by Gasteiger charge is 2.17. The molecule has 0 heterocycles. The fraction of sp³-hybridized carbons (Fsp3) is 0.176. The van der Waals surface area contributed by atoms with Crippen molar-refractivity contribution in [1.82, 2.24) is 4.72 Å². The molecule has 2 aromatic carbocycles. The molecule has 27 heavy (non-hydrogen) atoms. The number of hydrogen-bond acceptors (Lipinski definition) is 5. The van der Waals surface area contributed by atoms with Gasteiger partial charge in [0, 0.05) is 12.1 Å². The maximum absolute atomic E-state index is 13.1. The number of sulfonamides is 1. The van der Waals surface area contributed by atoms with Crippen LogP contribution in [0.2, 0.25) is 0 Å². The van der Waals surface area contributed by atoms with Gasteiger partial charge in [-0.1, -0.05) is 12.1 Å². The first-order chi connectivity index (χ1) is 12.7. The predicted molar refractivity (Wildman–Crippen MR) is 87.9 cm³/mol. The number of halogens is 3. The molecule has 0 amide bonds. The van der Waals surface area contributed by atoms with Crippen molar-refractivity contribution in [2.24, 2.45) is 0 Å². The topological polar surface area (TPSA) is 89.5 Å². The SMILES string of the molecule is O=C(CCNS(=O)(=O)c1ccc(F)c(F)c1)OCC(=O)c1cccc(F)c1. The number of ether oxygens (including phenoxy) is 1. The Morgan fingerprint density at radius 2 is 1.74 bits per heavy atom. The molecule has 0 atom stereocenters. The van der Waals surface area contributed by atoms with Crippen molar-refractivity contribution in [3.05, 3.63) is 65.5 Å². The summed E-state index contributed by atoms with van der Waals surface area (Å²) in [5.74, 6) is -4.62. The Morgan fingerprint density at radius 3 is 2.41 bits per heavy atom.